The third kappa shape index (κ3) is 3.54. The average Bonchev–Trinajstić information content (AvgIpc) is 2.39. The van der Waals surface area contributed by atoms with E-state index in [-0.39, 0.29) is 17.0 Å². The Bertz CT molecular complexity index is 637. The molecule has 0 amide bonds. The van der Waals surface area contributed by atoms with Crippen molar-refractivity contribution in [2.45, 2.75) is 12.5 Å². The van der Waals surface area contributed by atoms with Crippen LogP contribution in [-0.4, -0.2) is 7.05 Å². The second-order valence-corrected chi connectivity index (χ2v) is 4.97. The molecule has 2 aromatic rings. The molecule has 0 heterocycles. The Morgan fingerprint density at radius 2 is 1.62 bits per heavy atom. The molecule has 0 fully saturated rings. The summed E-state index contributed by atoms with van der Waals surface area (Å²) in [6.45, 7) is 0. The molecule has 1 unspecified atom stereocenters. The first kappa shape index (κ1) is 15.8. The van der Waals surface area contributed by atoms with Gasteiger partial charge in [0, 0.05) is 28.8 Å². The molecule has 0 aliphatic heterocycles. The van der Waals surface area contributed by atoms with E-state index in [0.29, 0.717) is 17.7 Å². The summed E-state index contributed by atoms with van der Waals surface area (Å²) in [6.07, 6.45) is 0.134. The molecular formula is C15H12ClF4N. The van der Waals surface area contributed by atoms with Gasteiger partial charge in [0.05, 0.1) is 0 Å². The average molecular weight is 318 g/mol. The molecule has 6 heteroatoms. The van der Waals surface area contributed by atoms with Crippen molar-refractivity contribution in [2.75, 3.05) is 7.05 Å². The highest BCUT2D eigenvalue weighted by Gasteiger charge is 2.21. The van der Waals surface area contributed by atoms with Crippen LogP contribution in [0.3, 0.4) is 0 Å². The van der Waals surface area contributed by atoms with E-state index in [2.05, 4.69) is 5.32 Å². The summed E-state index contributed by atoms with van der Waals surface area (Å²) in [4.78, 5) is 0. The van der Waals surface area contributed by atoms with Crippen LogP contribution in [0.15, 0.2) is 30.3 Å². The van der Waals surface area contributed by atoms with Crippen LogP contribution in [0.4, 0.5) is 17.6 Å². The van der Waals surface area contributed by atoms with E-state index >= 15 is 0 Å². The van der Waals surface area contributed by atoms with Gasteiger partial charge in [0.25, 0.3) is 0 Å². The maximum atomic E-state index is 13.8. The zero-order valence-electron chi connectivity index (χ0n) is 11.1. The monoisotopic (exact) mass is 317 g/mol. The van der Waals surface area contributed by atoms with Crippen LogP contribution in [0.2, 0.25) is 5.02 Å². The van der Waals surface area contributed by atoms with Crippen LogP contribution in [0.5, 0.6) is 0 Å². The first-order chi connectivity index (χ1) is 9.92. The fraction of sp³-hybridized carbons (Fsp3) is 0.200. The third-order valence-corrected chi connectivity index (χ3v) is 3.53. The SMILES string of the molecule is CNC(Cc1ccc(F)cc1Cl)c1c(F)cc(F)cc1F. The molecule has 0 aliphatic rings. The molecule has 2 rings (SSSR count). The van der Waals surface area contributed by atoms with Crippen LogP contribution < -0.4 is 5.32 Å². The molecule has 0 saturated heterocycles. The largest absolute Gasteiger partial charge is 0.313 e. The van der Waals surface area contributed by atoms with Crippen molar-refractivity contribution >= 4 is 11.6 Å². The van der Waals surface area contributed by atoms with Gasteiger partial charge in [-0.2, -0.15) is 0 Å². The number of rotatable bonds is 4. The van der Waals surface area contributed by atoms with Crippen LogP contribution in [0.25, 0.3) is 0 Å². The number of hydrogen-bond acceptors (Lipinski definition) is 1. The molecular weight excluding hydrogens is 306 g/mol. The van der Waals surface area contributed by atoms with Crippen molar-refractivity contribution in [3.05, 3.63) is 69.8 Å². The van der Waals surface area contributed by atoms with Crippen LogP contribution in [0.1, 0.15) is 17.2 Å². The molecule has 0 saturated carbocycles. The van der Waals surface area contributed by atoms with Crippen LogP contribution in [-0.2, 0) is 6.42 Å². The summed E-state index contributed by atoms with van der Waals surface area (Å²) in [5, 5.41) is 2.92. The van der Waals surface area contributed by atoms with Gasteiger partial charge in [-0.05, 0) is 31.2 Å². The Kier molecular flexibility index (Phi) is 4.85. The van der Waals surface area contributed by atoms with E-state index < -0.39 is 29.3 Å². The standard InChI is InChI=1S/C15H12ClF4N/c1-21-14(4-8-2-3-9(17)5-11(8)16)15-12(19)6-10(18)7-13(15)20/h2-3,5-7,14,21H,4H2,1H3. The van der Waals surface area contributed by atoms with Gasteiger partial charge in [-0.15, -0.1) is 0 Å². The zero-order chi connectivity index (χ0) is 15.6. The van der Waals surface area contributed by atoms with Crippen molar-refractivity contribution < 1.29 is 17.6 Å². The minimum atomic E-state index is -0.983. The van der Waals surface area contributed by atoms with Crippen LogP contribution >= 0.6 is 11.6 Å². The Labute approximate surface area is 124 Å². The minimum absolute atomic E-state index is 0.134. The quantitative estimate of drug-likeness (QED) is 0.824. The van der Waals surface area contributed by atoms with E-state index in [1.54, 1.807) is 0 Å². The summed E-state index contributed by atoms with van der Waals surface area (Å²) in [7, 11) is 1.52. The van der Waals surface area contributed by atoms with E-state index in [1.165, 1.54) is 19.2 Å². The predicted octanol–water partition coefficient (Wildman–Crippen LogP) is 4.40. The second kappa shape index (κ2) is 6.45. The second-order valence-electron chi connectivity index (χ2n) is 4.56. The number of halogens is 5. The first-order valence-corrected chi connectivity index (χ1v) is 6.55. The summed E-state index contributed by atoms with van der Waals surface area (Å²) in [6, 6.07) is 4.27. The Balaban J connectivity index is 2.37. The molecule has 0 bridgehead atoms. The molecule has 21 heavy (non-hydrogen) atoms. The number of benzene rings is 2. The first-order valence-electron chi connectivity index (χ1n) is 6.18. The van der Waals surface area contributed by atoms with Crippen molar-refractivity contribution in [3.63, 3.8) is 0 Å². The van der Waals surface area contributed by atoms with Gasteiger partial charge < -0.3 is 5.32 Å². The Morgan fingerprint density at radius 1 is 1.00 bits per heavy atom. The van der Waals surface area contributed by atoms with E-state index in [9.17, 15) is 17.6 Å². The molecule has 0 aliphatic carbocycles. The molecule has 1 nitrogen and oxygen atoms in total. The van der Waals surface area contributed by atoms with Gasteiger partial charge >= 0.3 is 0 Å². The lowest BCUT2D eigenvalue weighted by Crippen LogP contribution is -2.22. The highest BCUT2D eigenvalue weighted by Crippen LogP contribution is 2.28. The molecule has 1 N–H and O–H groups in total. The summed E-state index contributed by atoms with van der Waals surface area (Å²) < 4.78 is 53.6. The van der Waals surface area contributed by atoms with Crippen molar-refractivity contribution in [2.24, 2.45) is 0 Å². The number of hydrogen-bond donors (Lipinski definition) is 1. The lowest BCUT2D eigenvalue weighted by atomic mass is 9.98. The molecule has 1 atom stereocenters. The van der Waals surface area contributed by atoms with Gasteiger partial charge in [-0.25, -0.2) is 17.6 Å². The normalized spacial score (nSPS) is 12.5. The summed E-state index contributed by atoms with van der Waals surface area (Å²) >= 11 is 5.91. The Morgan fingerprint density at radius 3 is 2.14 bits per heavy atom. The lowest BCUT2D eigenvalue weighted by Gasteiger charge is -2.19. The van der Waals surface area contributed by atoms with E-state index in [1.807, 2.05) is 0 Å². The number of likely N-dealkylation sites (N-methyl/N-ethyl adjacent to an activating group) is 1. The van der Waals surface area contributed by atoms with Gasteiger partial charge in [0.15, 0.2) is 0 Å². The molecule has 112 valence electrons. The maximum absolute atomic E-state index is 13.8. The van der Waals surface area contributed by atoms with Gasteiger partial charge in [-0.1, -0.05) is 17.7 Å². The Hall–Kier alpha value is -1.59. The highest BCUT2D eigenvalue weighted by molar-refractivity contribution is 6.31. The van der Waals surface area contributed by atoms with Gasteiger partial charge in [-0.3, -0.25) is 0 Å². The summed E-state index contributed by atoms with van der Waals surface area (Å²) in [5.41, 5.74) is 0.250. The highest BCUT2D eigenvalue weighted by atomic mass is 35.5. The minimum Gasteiger partial charge on any atom is -0.313 e. The lowest BCUT2D eigenvalue weighted by molar-refractivity contribution is 0.475. The van der Waals surface area contributed by atoms with E-state index in [0.717, 1.165) is 6.07 Å². The van der Waals surface area contributed by atoms with Gasteiger partial charge in [0.2, 0.25) is 0 Å². The maximum Gasteiger partial charge on any atom is 0.133 e. The third-order valence-electron chi connectivity index (χ3n) is 3.18. The summed E-state index contributed by atoms with van der Waals surface area (Å²) in [5.74, 6) is -3.44. The van der Waals surface area contributed by atoms with Crippen molar-refractivity contribution in [1.82, 2.24) is 5.32 Å². The zero-order valence-corrected chi connectivity index (χ0v) is 11.8. The van der Waals surface area contributed by atoms with Crippen LogP contribution in [0, 0.1) is 23.3 Å². The molecule has 0 spiro atoms. The van der Waals surface area contributed by atoms with E-state index in [4.69, 9.17) is 11.6 Å². The number of nitrogens with one attached hydrogen (secondary N) is 1. The molecule has 0 radical (unpaired) electrons. The van der Waals surface area contributed by atoms with Gasteiger partial charge in [0.1, 0.15) is 23.3 Å². The van der Waals surface area contributed by atoms with Crippen molar-refractivity contribution in [1.29, 1.82) is 0 Å². The topological polar surface area (TPSA) is 12.0 Å². The molecule has 0 aromatic heterocycles. The fourth-order valence-corrected chi connectivity index (χ4v) is 2.39. The fourth-order valence-electron chi connectivity index (χ4n) is 2.14. The van der Waals surface area contributed by atoms with Crippen molar-refractivity contribution in [3.8, 4) is 0 Å². The molecule has 2 aromatic carbocycles. The predicted molar refractivity (Wildman–Crippen MR) is 73.2 cm³/mol. The smallest absolute Gasteiger partial charge is 0.133 e.